The summed E-state index contributed by atoms with van der Waals surface area (Å²) in [4.78, 5) is 0. The van der Waals surface area contributed by atoms with Gasteiger partial charge in [0.2, 0.25) is 0 Å². The van der Waals surface area contributed by atoms with E-state index in [1.54, 1.807) is 0 Å². The lowest BCUT2D eigenvalue weighted by Crippen LogP contribution is -2.14. The first kappa shape index (κ1) is 8.97. The highest BCUT2D eigenvalue weighted by atomic mass is 15.2. The maximum Gasteiger partial charge on any atom is 0.148 e. The fourth-order valence-corrected chi connectivity index (χ4v) is 0.830. The fourth-order valence-electron chi connectivity index (χ4n) is 0.830. The Morgan fingerprint density at radius 2 is 2.17 bits per heavy atom. The second kappa shape index (κ2) is 4.04. The highest BCUT2D eigenvalue weighted by Gasteiger charge is 1.98. The van der Waals surface area contributed by atoms with Crippen LogP contribution >= 0.6 is 0 Å². The highest BCUT2D eigenvalue weighted by molar-refractivity contribution is 5.33. The van der Waals surface area contributed by atoms with Crippen molar-refractivity contribution in [2.45, 2.75) is 33.2 Å². The van der Waals surface area contributed by atoms with E-state index < -0.39 is 0 Å². The molecule has 0 saturated heterocycles. The quantitative estimate of drug-likeness (QED) is 0.744. The predicted octanol–water partition coefficient (Wildman–Crippen LogP) is 2.00. The van der Waals surface area contributed by atoms with Crippen LogP contribution in [0.1, 0.15) is 26.0 Å². The minimum atomic E-state index is 0.460. The Morgan fingerprint density at radius 1 is 1.42 bits per heavy atom. The Balaban J connectivity index is 2.58. The van der Waals surface area contributed by atoms with Crippen LogP contribution in [0.2, 0.25) is 0 Å². The van der Waals surface area contributed by atoms with Crippen molar-refractivity contribution in [1.29, 1.82) is 0 Å². The van der Waals surface area contributed by atoms with E-state index in [1.807, 2.05) is 19.1 Å². The maximum absolute atomic E-state index is 4.01. The van der Waals surface area contributed by atoms with Crippen molar-refractivity contribution in [2.75, 3.05) is 5.32 Å². The van der Waals surface area contributed by atoms with Gasteiger partial charge in [-0.3, -0.25) is 0 Å². The molecule has 1 N–H and O–H groups in total. The smallest absolute Gasteiger partial charge is 0.148 e. The van der Waals surface area contributed by atoms with E-state index >= 15 is 0 Å². The van der Waals surface area contributed by atoms with Crippen molar-refractivity contribution in [2.24, 2.45) is 0 Å². The molecule has 0 amide bonds. The second-order valence-corrected chi connectivity index (χ2v) is 3.01. The first-order valence-electron chi connectivity index (χ1n) is 4.29. The summed E-state index contributed by atoms with van der Waals surface area (Å²) in [5, 5.41) is 11.2. The zero-order chi connectivity index (χ0) is 8.97. The van der Waals surface area contributed by atoms with E-state index in [4.69, 9.17) is 0 Å². The number of rotatable bonds is 3. The van der Waals surface area contributed by atoms with E-state index in [0.717, 1.165) is 17.9 Å². The number of aromatic nitrogens is 2. The molecule has 0 aliphatic rings. The molecule has 0 saturated carbocycles. The second-order valence-electron chi connectivity index (χ2n) is 3.01. The lowest BCUT2D eigenvalue weighted by atomic mass is 10.2. The van der Waals surface area contributed by atoms with Crippen molar-refractivity contribution >= 4 is 5.82 Å². The molecule has 0 aliphatic carbocycles. The summed E-state index contributed by atoms with van der Waals surface area (Å²) in [6.45, 7) is 6.20. The van der Waals surface area contributed by atoms with Gasteiger partial charge >= 0.3 is 0 Å². The van der Waals surface area contributed by atoms with Crippen LogP contribution in [0.25, 0.3) is 0 Å². The minimum absolute atomic E-state index is 0.460. The Morgan fingerprint density at radius 3 is 2.67 bits per heavy atom. The first-order chi connectivity index (χ1) is 5.72. The summed E-state index contributed by atoms with van der Waals surface area (Å²) < 4.78 is 0. The van der Waals surface area contributed by atoms with E-state index in [0.29, 0.717) is 6.04 Å². The van der Waals surface area contributed by atoms with Crippen LogP contribution in [-0.2, 0) is 0 Å². The lowest BCUT2D eigenvalue weighted by Gasteiger charge is -2.10. The zero-order valence-corrected chi connectivity index (χ0v) is 7.83. The van der Waals surface area contributed by atoms with Crippen molar-refractivity contribution in [1.82, 2.24) is 10.2 Å². The van der Waals surface area contributed by atoms with Crippen LogP contribution in [0.4, 0.5) is 5.82 Å². The number of nitrogens with zero attached hydrogens (tertiary/aromatic N) is 2. The molecule has 3 nitrogen and oxygen atoms in total. The fraction of sp³-hybridized carbons (Fsp3) is 0.556. The van der Waals surface area contributed by atoms with Gasteiger partial charge in [0.1, 0.15) is 5.82 Å². The van der Waals surface area contributed by atoms with Crippen LogP contribution in [-0.4, -0.2) is 16.2 Å². The lowest BCUT2D eigenvalue weighted by molar-refractivity contribution is 0.753. The monoisotopic (exact) mass is 165 g/mol. The average molecular weight is 165 g/mol. The van der Waals surface area contributed by atoms with E-state index in [-0.39, 0.29) is 0 Å². The van der Waals surface area contributed by atoms with E-state index in [9.17, 15) is 0 Å². The van der Waals surface area contributed by atoms with Crippen LogP contribution in [0.5, 0.6) is 0 Å². The molecule has 0 fully saturated rings. The molecule has 0 aliphatic heterocycles. The molecule has 1 atom stereocenters. The summed E-state index contributed by atoms with van der Waals surface area (Å²) in [6.07, 6.45) is 1.09. The maximum atomic E-state index is 4.01. The van der Waals surface area contributed by atoms with E-state index in [2.05, 4.69) is 29.4 Å². The Hall–Kier alpha value is -1.12. The van der Waals surface area contributed by atoms with Gasteiger partial charge < -0.3 is 5.32 Å². The van der Waals surface area contributed by atoms with Crippen molar-refractivity contribution in [3.8, 4) is 0 Å². The van der Waals surface area contributed by atoms with Crippen molar-refractivity contribution < 1.29 is 0 Å². The Kier molecular flexibility index (Phi) is 3.02. The van der Waals surface area contributed by atoms with E-state index in [1.165, 1.54) is 0 Å². The number of hydrogen-bond acceptors (Lipinski definition) is 3. The number of nitrogens with one attached hydrogen (secondary N) is 1. The molecule has 1 aromatic rings. The molecular weight excluding hydrogens is 150 g/mol. The molecule has 0 spiro atoms. The SMILES string of the molecule is CCC(C)Nc1ccc(C)nn1. The normalized spacial score (nSPS) is 12.6. The van der Waals surface area contributed by atoms with Crippen LogP contribution in [0.15, 0.2) is 12.1 Å². The van der Waals surface area contributed by atoms with Gasteiger partial charge in [-0.25, -0.2) is 0 Å². The zero-order valence-electron chi connectivity index (χ0n) is 7.83. The van der Waals surface area contributed by atoms with Gasteiger partial charge in [0, 0.05) is 6.04 Å². The molecule has 0 bridgehead atoms. The summed E-state index contributed by atoms with van der Waals surface area (Å²) in [5.41, 5.74) is 0.949. The van der Waals surface area contributed by atoms with Gasteiger partial charge in [-0.15, -0.1) is 5.10 Å². The molecule has 0 radical (unpaired) electrons. The predicted molar refractivity (Wildman–Crippen MR) is 50.1 cm³/mol. The minimum Gasteiger partial charge on any atom is -0.366 e. The van der Waals surface area contributed by atoms with Gasteiger partial charge in [0.25, 0.3) is 0 Å². The topological polar surface area (TPSA) is 37.8 Å². The Bertz CT molecular complexity index is 230. The molecule has 0 aromatic carbocycles. The number of hydrogen-bond donors (Lipinski definition) is 1. The number of aryl methyl sites for hydroxylation is 1. The third kappa shape index (κ3) is 2.49. The molecular formula is C9H15N3. The van der Waals surface area contributed by atoms with Gasteiger partial charge in [-0.2, -0.15) is 5.10 Å². The average Bonchev–Trinajstić information content (AvgIpc) is 2.09. The summed E-state index contributed by atoms with van der Waals surface area (Å²) in [6, 6.07) is 4.37. The molecule has 1 heterocycles. The van der Waals surface area contributed by atoms with Gasteiger partial charge in [-0.05, 0) is 32.4 Å². The Labute approximate surface area is 73.2 Å². The molecule has 1 aromatic heterocycles. The van der Waals surface area contributed by atoms with Gasteiger partial charge in [0.05, 0.1) is 5.69 Å². The van der Waals surface area contributed by atoms with Crippen molar-refractivity contribution in [3.63, 3.8) is 0 Å². The highest BCUT2D eigenvalue weighted by Crippen LogP contribution is 2.04. The first-order valence-corrected chi connectivity index (χ1v) is 4.29. The molecule has 1 unspecified atom stereocenters. The standard InChI is InChI=1S/C9H15N3/c1-4-7(2)10-9-6-5-8(3)11-12-9/h5-7H,4H2,1-3H3,(H,10,12). The largest absolute Gasteiger partial charge is 0.366 e. The summed E-state index contributed by atoms with van der Waals surface area (Å²) >= 11 is 0. The van der Waals surface area contributed by atoms with Gasteiger partial charge in [-0.1, -0.05) is 6.92 Å². The number of anilines is 1. The summed E-state index contributed by atoms with van der Waals surface area (Å²) in [7, 11) is 0. The third-order valence-electron chi connectivity index (χ3n) is 1.80. The van der Waals surface area contributed by atoms with Crippen LogP contribution < -0.4 is 5.32 Å². The summed E-state index contributed by atoms with van der Waals surface area (Å²) in [5.74, 6) is 0.856. The molecule has 1 rings (SSSR count). The third-order valence-corrected chi connectivity index (χ3v) is 1.80. The van der Waals surface area contributed by atoms with Crippen LogP contribution in [0, 0.1) is 6.92 Å². The molecule has 66 valence electrons. The van der Waals surface area contributed by atoms with Crippen LogP contribution in [0.3, 0.4) is 0 Å². The van der Waals surface area contributed by atoms with Gasteiger partial charge in [0.15, 0.2) is 0 Å². The van der Waals surface area contributed by atoms with Crippen molar-refractivity contribution in [3.05, 3.63) is 17.8 Å². The molecule has 3 heteroatoms. The molecule has 12 heavy (non-hydrogen) atoms.